The lowest BCUT2D eigenvalue weighted by molar-refractivity contribution is 0.0970. The maximum atomic E-state index is 13.6. The number of anilines is 1. The summed E-state index contributed by atoms with van der Waals surface area (Å²) in [6, 6.07) is 12.0. The minimum absolute atomic E-state index is 0.0513. The normalized spacial score (nSPS) is 15.5. The standard InChI is InChI=1S/C23H19N3O4S/c1-4-17-24-25-23(31-17)26-19(13-6-8-14(29-3)9-7-13)18-20(27)15-11-12(2)5-10-16(15)30-21(18)22(26)28/h5-11,19H,4H2,1-3H3. The molecule has 156 valence electrons. The molecule has 1 aliphatic rings. The molecule has 0 radical (unpaired) electrons. The molecule has 0 saturated carbocycles. The van der Waals surface area contributed by atoms with Gasteiger partial charge < -0.3 is 9.15 Å². The zero-order valence-electron chi connectivity index (χ0n) is 17.2. The highest BCUT2D eigenvalue weighted by atomic mass is 32.1. The number of carbonyl (C=O) groups excluding carboxylic acids is 1. The van der Waals surface area contributed by atoms with Crippen LogP contribution in [0, 0.1) is 6.92 Å². The summed E-state index contributed by atoms with van der Waals surface area (Å²) in [6.07, 6.45) is 0.709. The van der Waals surface area contributed by atoms with Gasteiger partial charge in [-0.15, -0.1) is 10.2 Å². The van der Waals surface area contributed by atoms with Crippen LogP contribution in [-0.2, 0) is 6.42 Å². The van der Waals surface area contributed by atoms with Crippen molar-refractivity contribution in [2.24, 2.45) is 0 Å². The number of amides is 1. The number of aryl methyl sites for hydroxylation is 2. The summed E-state index contributed by atoms with van der Waals surface area (Å²) in [5.74, 6) is 0.342. The van der Waals surface area contributed by atoms with Gasteiger partial charge in [0.05, 0.1) is 24.1 Å². The Morgan fingerprint density at radius 2 is 1.90 bits per heavy atom. The molecule has 0 bridgehead atoms. The predicted molar refractivity (Wildman–Crippen MR) is 118 cm³/mol. The zero-order valence-corrected chi connectivity index (χ0v) is 18.0. The topological polar surface area (TPSA) is 85.5 Å². The van der Waals surface area contributed by atoms with Crippen molar-refractivity contribution in [1.82, 2.24) is 10.2 Å². The van der Waals surface area contributed by atoms with Crippen LogP contribution >= 0.6 is 11.3 Å². The van der Waals surface area contributed by atoms with Crippen molar-refractivity contribution in [2.45, 2.75) is 26.3 Å². The monoisotopic (exact) mass is 433 g/mol. The van der Waals surface area contributed by atoms with Crippen LogP contribution < -0.4 is 15.1 Å². The Balaban J connectivity index is 1.78. The summed E-state index contributed by atoms with van der Waals surface area (Å²) in [7, 11) is 1.59. The number of rotatable bonds is 4. The van der Waals surface area contributed by atoms with Gasteiger partial charge in [0, 0.05) is 0 Å². The van der Waals surface area contributed by atoms with E-state index in [1.165, 1.54) is 16.2 Å². The molecule has 5 rings (SSSR count). The van der Waals surface area contributed by atoms with E-state index in [1.807, 2.05) is 32.0 Å². The number of carbonyl (C=O) groups is 1. The van der Waals surface area contributed by atoms with Crippen LogP contribution in [-0.4, -0.2) is 23.2 Å². The van der Waals surface area contributed by atoms with Crippen molar-refractivity contribution >= 4 is 33.3 Å². The Hall–Kier alpha value is -3.52. The summed E-state index contributed by atoms with van der Waals surface area (Å²) in [5.41, 5.74) is 2.21. The third-order valence-corrected chi connectivity index (χ3v) is 6.49. The maximum absolute atomic E-state index is 13.6. The fraction of sp³-hybridized carbons (Fsp3) is 0.217. The quantitative estimate of drug-likeness (QED) is 0.478. The van der Waals surface area contributed by atoms with Crippen molar-refractivity contribution < 1.29 is 13.9 Å². The van der Waals surface area contributed by atoms with E-state index in [4.69, 9.17) is 9.15 Å². The molecule has 4 aromatic rings. The minimum Gasteiger partial charge on any atom is -0.497 e. The summed E-state index contributed by atoms with van der Waals surface area (Å²) < 4.78 is 11.2. The smallest absolute Gasteiger partial charge is 0.297 e. The van der Waals surface area contributed by atoms with Gasteiger partial charge in [-0.25, -0.2) is 0 Å². The van der Waals surface area contributed by atoms with Crippen LogP contribution in [0.1, 0.15) is 45.2 Å². The van der Waals surface area contributed by atoms with Gasteiger partial charge in [0.25, 0.3) is 5.91 Å². The number of fused-ring (bicyclic) bond motifs is 2. The Kier molecular flexibility index (Phi) is 4.59. The number of benzene rings is 2. The first-order valence-electron chi connectivity index (χ1n) is 9.89. The molecule has 2 aromatic heterocycles. The van der Waals surface area contributed by atoms with Gasteiger partial charge in [-0.3, -0.25) is 14.5 Å². The first-order valence-corrected chi connectivity index (χ1v) is 10.7. The van der Waals surface area contributed by atoms with E-state index >= 15 is 0 Å². The number of nitrogens with zero attached hydrogens (tertiary/aromatic N) is 3. The summed E-state index contributed by atoms with van der Waals surface area (Å²) in [6.45, 7) is 3.89. The first-order chi connectivity index (χ1) is 15.0. The van der Waals surface area contributed by atoms with Crippen molar-refractivity contribution in [3.05, 3.63) is 80.1 Å². The average molecular weight is 433 g/mol. The van der Waals surface area contributed by atoms with Crippen molar-refractivity contribution in [1.29, 1.82) is 0 Å². The highest BCUT2D eigenvalue weighted by Gasteiger charge is 2.45. The number of ether oxygens (including phenoxy) is 1. The minimum atomic E-state index is -0.660. The SMILES string of the molecule is CCc1nnc(N2C(=O)c3oc4ccc(C)cc4c(=O)c3C2c2ccc(OC)cc2)s1. The predicted octanol–water partition coefficient (Wildman–Crippen LogP) is 4.27. The van der Waals surface area contributed by atoms with Gasteiger partial charge in [0.15, 0.2) is 5.43 Å². The van der Waals surface area contributed by atoms with Crippen LogP contribution in [0.2, 0.25) is 0 Å². The molecule has 0 spiro atoms. The molecule has 0 N–H and O–H groups in total. The van der Waals surface area contributed by atoms with E-state index < -0.39 is 11.9 Å². The molecular formula is C23H19N3O4S. The van der Waals surface area contributed by atoms with Crippen molar-refractivity contribution in [3.63, 3.8) is 0 Å². The Bertz CT molecular complexity index is 1370. The van der Waals surface area contributed by atoms with E-state index in [0.29, 0.717) is 33.8 Å². The van der Waals surface area contributed by atoms with Gasteiger partial charge in [0.2, 0.25) is 10.9 Å². The lowest BCUT2D eigenvalue weighted by Gasteiger charge is -2.22. The maximum Gasteiger partial charge on any atom is 0.297 e. The molecule has 0 fully saturated rings. The Labute approximate surface area is 181 Å². The number of aromatic nitrogens is 2. The number of hydrogen-bond acceptors (Lipinski definition) is 7. The Morgan fingerprint density at radius 3 is 2.58 bits per heavy atom. The largest absolute Gasteiger partial charge is 0.497 e. The molecule has 0 aliphatic carbocycles. The number of hydrogen-bond donors (Lipinski definition) is 0. The van der Waals surface area contributed by atoms with E-state index in [2.05, 4.69) is 10.2 Å². The van der Waals surface area contributed by atoms with E-state index in [0.717, 1.165) is 16.1 Å². The van der Waals surface area contributed by atoms with Crippen molar-refractivity contribution in [3.8, 4) is 5.75 Å². The molecule has 1 amide bonds. The average Bonchev–Trinajstić information content (AvgIpc) is 3.37. The molecule has 3 heterocycles. The highest BCUT2D eigenvalue weighted by Crippen LogP contribution is 2.42. The molecule has 31 heavy (non-hydrogen) atoms. The molecule has 1 unspecified atom stereocenters. The van der Waals surface area contributed by atoms with Crippen LogP contribution in [0.15, 0.2) is 51.7 Å². The summed E-state index contributed by atoms with van der Waals surface area (Å²) >= 11 is 1.34. The molecule has 7 nitrogen and oxygen atoms in total. The molecule has 2 aromatic carbocycles. The molecular weight excluding hydrogens is 414 g/mol. The van der Waals surface area contributed by atoms with Crippen LogP contribution in [0.3, 0.4) is 0 Å². The van der Waals surface area contributed by atoms with E-state index in [9.17, 15) is 9.59 Å². The summed E-state index contributed by atoms with van der Waals surface area (Å²) in [4.78, 5) is 28.6. The Morgan fingerprint density at radius 1 is 1.13 bits per heavy atom. The fourth-order valence-electron chi connectivity index (χ4n) is 3.87. The zero-order chi connectivity index (χ0) is 21.7. The van der Waals surface area contributed by atoms with E-state index in [-0.39, 0.29) is 11.2 Å². The highest BCUT2D eigenvalue weighted by molar-refractivity contribution is 7.15. The fourth-order valence-corrected chi connectivity index (χ4v) is 4.68. The molecule has 1 atom stereocenters. The lowest BCUT2D eigenvalue weighted by Crippen LogP contribution is -2.29. The molecule has 0 saturated heterocycles. The van der Waals surface area contributed by atoms with E-state index in [1.54, 1.807) is 31.4 Å². The van der Waals surface area contributed by atoms with Gasteiger partial charge in [0.1, 0.15) is 16.3 Å². The molecule has 8 heteroatoms. The van der Waals surface area contributed by atoms with Crippen LogP contribution in [0.4, 0.5) is 5.13 Å². The van der Waals surface area contributed by atoms with Crippen molar-refractivity contribution in [2.75, 3.05) is 12.0 Å². The lowest BCUT2D eigenvalue weighted by atomic mass is 9.98. The second kappa shape index (κ2) is 7.31. The molecule has 1 aliphatic heterocycles. The van der Waals surface area contributed by atoms with Crippen LogP contribution in [0.5, 0.6) is 5.75 Å². The van der Waals surface area contributed by atoms with Gasteiger partial charge in [-0.05, 0) is 43.2 Å². The van der Waals surface area contributed by atoms with Crippen LogP contribution in [0.25, 0.3) is 11.0 Å². The van der Waals surface area contributed by atoms with Gasteiger partial charge >= 0.3 is 0 Å². The third-order valence-electron chi connectivity index (χ3n) is 5.42. The van der Waals surface area contributed by atoms with Gasteiger partial charge in [-0.1, -0.05) is 42.0 Å². The second-order valence-electron chi connectivity index (χ2n) is 7.36. The van der Waals surface area contributed by atoms with Gasteiger partial charge in [-0.2, -0.15) is 0 Å². The second-order valence-corrected chi connectivity index (χ2v) is 8.40. The third kappa shape index (κ3) is 3.02. The summed E-state index contributed by atoms with van der Waals surface area (Å²) in [5, 5.41) is 10.1. The number of methoxy groups -OCH3 is 1. The first kappa shape index (κ1) is 19.4.